The van der Waals surface area contributed by atoms with Crippen LogP contribution in [0.4, 0.5) is 0 Å². The van der Waals surface area contributed by atoms with Crippen LogP contribution in [0.5, 0.6) is 0 Å². The zero-order valence-corrected chi connectivity index (χ0v) is 17.2. The molecule has 0 atom stereocenters. The molecule has 0 spiro atoms. The second kappa shape index (κ2) is 6.64. The molecule has 154 valence electrons. The number of aromatic amines is 1. The molecule has 4 heterocycles. The number of aryl methyl sites for hydroxylation is 2. The van der Waals surface area contributed by atoms with Crippen molar-refractivity contribution in [2.75, 3.05) is 6.54 Å². The van der Waals surface area contributed by atoms with Crippen LogP contribution < -0.4 is 5.56 Å². The van der Waals surface area contributed by atoms with Gasteiger partial charge < -0.3 is 4.52 Å². The van der Waals surface area contributed by atoms with Crippen molar-refractivity contribution in [2.24, 2.45) is 0 Å². The summed E-state index contributed by atoms with van der Waals surface area (Å²) in [7, 11) is -3.84. The lowest BCUT2D eigenvalue weighted by molar-refractivity contribution is 0.378. The summed E-state index contributed by atoms with van der Waals surface area (Å²) in [6, 6.07) is 11.5. The van der Waals surface area contributed by atoms with Crippen LogP contribution in [-0.4, -0.2) is 39.0 Å². The van der Waals surface area contributed by atoms with Gasteiger partial charge in [0.05, 0.1) is 17.0 Å². The Balaban J connectivity index is 1.58. The van der Waals surface area contributed by atoms with E-state index in [-0.39, 0.29) is 29.3 Å². The molecule has 10 heteroatoms. The van der Waals surface area contributed by atoms with Crippen LogP contribution in [0.3, 0.4) is 0 Å². The number of benzene rings is 1. The number of nitrogens with one attached hydrogen (secondary N) is 1. The molecule has 0 aliphatic carbocycles. The van der Waals surface area contributed by atoms with E-state index >= 15 is 0 Å². The van der Waals surface area contributed by atoms with Gasteiger partial charge in [0, 0.05) is 25.6 Å². The number of hydrogen-bond donors (Lipinski definition) is 1. The first kappa shape index (κ1) is 18.8. The minimum absolute atomic E-state index is 0.0454. The molecule has 0 fully saturated rings. The first-order valence-corrected chi connectivity index (χ1v) is 10.9. The van der Waals surface area contributed by atoms with Gasteiger partial charge in [-0.05, 0) is 19.4 Å². The van der Waals surface area contributed by atoms with Gasteiger partial charge in [0.25, 0.3) is 5.56 Å². The molecular weight excluding hydrogens is 406 g/mol. The minimum Gasteiger partial charge on any atom is -0.360 e. The lowest BCUT2D eigenvalue weighted by Gasteiger charge is -2.26. The van der Waals surface area contributed by atoms with E-state index < -0.39 is 10.0 Å². The largest absolute Gasteiger partial charge is 0.360 e. The predicted octanol–water partition coefficient (Wildman–Crippen LogP) is 2.04. The summed E-state index contributed by atoms with van der Waals surface area (Å²) < 4.78 is 34.0. The summed E-state index contributed by atoms with van der Waals surface area (Å²) in [6.45, 7) is 3.34. The normalized spacial score (nSPS) is 14.9. The molecule has 3 aromatic heterocycles. The molecule has 1 N–H and O–H groups in total. The quantitative estimate of drug-likeness (QED) is 0.537. The van der Waals surface area contributed by atoms with E-state index in [9.17, 15) is 13.2 Å². The van der Waals surface area contributed by atoms with E-state index in [4.69, 9.17) is 4.52 Å². The van der Waals surface area contributed by atoms with E-state index in [0.717, 1.165) is 11.3 Å². The van der Waals surface area contributed by atoms with Gasteiger partial charge in [-0.15, -0.1) is 0 Å². The third-order valence-electron chi connectivity index (χ3n) is 5.38. The van der Waals surface area contributed by atoms with Gasteiger partial charge in [-0.2, -0.15) is 4.31 Å². The highest BCUT2D eigenvalue weighted by molar-refractivity contribution is 7.89. The topological polar surface area (TPSA) is 114 Å². The number of rotatable bonds is 3. The van der Waals surface area contributed by atoms with Crippen LogP contribution >= 0.6 is 0 Å². The molecule has 0 saturated heterocycles. The summed E-state index contributed by atoms with van der Waals surface area (Å²) >= 11 is 0. The van der Waals surface area contributed by atoms with Gasteiger partial charge in [0.2, 0.25) is 10.0 Å². The number of hydrogen-bond acceptors (Lipinski definition) is 6. The van der Waals surface area contributed by atoms with Crippen LogP contribution in [0.2, 0.25) is 0 Å². The molecule has 5 rings (SSSR count). The van der Waals surface area contributed by atoms with Gasteiger partial charge in [-0.25, -0.2) is 17.9 Å². The zero-order valence-electron chi connectivity index (χ0n) is 16.4. The second-order valence-corrected chi connectivity index (χ2v) is 9.19. The van der Waals surface area contributed by atoms with Crippen LogP contribution in [0.15, 0.2) is 50.6 Å². The van der Waals surface area contributed by atoms with Gasteiger partial charge in [-0.3, -0.25) is 9.89 Å². The van der Waals surface area contributed by atoms with E-state index in [1.165, 1.54) is 8.82 Å². The van der Waals surface area contributed by atoms with Crippen molar-refractivity contribution in [1.82, 2.24) is 24.1 Å². The van der Waals surface area contributed by atoms with Crippen molar-refractivity contribution in [3.63, 3.8) is 0 Å². The highest BCUT2D eigenvalue weighted by Crippen LogP contribution is 2.27. The molecule has 0 unspecified atom stereocenters. The Bertz CT molecular complexity index is 1410. The van der Waals surface area contributed by atoms with Crippen LogP contribution in [0.25, 0.3) is 16.9 Å². The van der Waals surface area contributed by atoms with Crippen molar-refractivity contribution in [1.29, 1.82) is 0 Å². The predicted molar refractivity (Wildman–Crippen MR) is 109 cm³/mol. The Labute approximate surface area is 172 Å². The third-order valence-corrected chi connectivity index (χ3v) is 7.47. The fourth-order valence-electron chi connectivity index (χ4n) is 3.90. The molecule has 1 aromatic carbocycles. The highest BCUT2D eigenvalue weighted by atomic mass is 32.2. The minimum atomic E-state index is -3.84. The Morgan fingerprint density at radius 1 is 1.17 bits per heavy atom. The third kappa shape index (κ3) is 2.79. The molecule has 0 saturated carbocycles. The Hall–Kier alpha value is -3.24. The van der Waals surface area contributed by atoms with E-state index in [2.05, 4.69) is 15.2 Å². The standard InChI is InChI=1S/C20H19N5O4S/c1-12-19(13(2)29-23-12)30(27,28)24-9-8-16-15(11-24)20(26)25-18(21-16)10-17(22-25)14-6-4-3-5-7-14/h3-7,10,22H,8-9,11H2,1-2H3. The van der Waals surface area contributed by atoms with E-state index in [0.29, 0.717) is 29.0 Å². The molecule has 30 heavy (non-hydrogen) atoms. The van der Waals surface area contributed by atoms with Crippen molar-refractivity contribution in [3.05, 3.63) is 69.5 Å². The van der Waals surface area contributed by atoms with Crippen LogP contribution in [-0.2, 0) is 23.0 Å². The monoisotopic (exact) mass is 425 g/mol. The molecule has 1 aliphatic heterocycles. The lowest BCUT2D eigenvalue weighted by Crippen LogP contribution is -2.40. The summed E-state index contributed by atoms with van der Waals surface area (Å²) in [5, 5.41) is 6.83. The number of aromatic nitrogens is 4. The van der Waals surface area contributed by atoms with Crippen molar-refractivity contribution in [3.8, 4) is 11.3 Å². The lowest BCUT2D eigenvalue weighted by atomic mass is 10.1. The van der Waals surface area contributed by atoms with Gasteiger partial charge in [0.15, 0.2) is 11.4 Å². The first-order valence-electron chi connectivity index (χ1n) is 9.48. The number of nitrogens with zero attached hydrogens (tertiary/aromatic N) is 4. The van der Waals surface area contributed by atoms with Crippen molar-refractivity contribution < 1.29 is 12.9 Å². The summed E-state index contributed by atoms with van der Waals surface area (Å²) in [5.74, 6) is 0.237. The molecule has 0 amide bonds. The molecule has 4 aromatic rings. The maximum Gasteiger partial charge on any atom is 0.277 e. The van der Waals surface area contributed by atoms with E-state index in [1.54, 1.807) is 13.8 Å². The smallest absolute Gasteiger partial charge is 0.277 e. The number of fused-ring (bicyclic) bond motifs is 2. The average molecular weight is 425 g/mol. The van der Waals surface area contributed by atoms with Crippen LogP contribution in [0.1, 0.15) is 22.7 Å². The van der Waals surface area contributed by atoms with Crippen molar-refractivity contribution in [2.45, 2.75) is 31.7 Å². The molecule has 0 bridgehead atoms. The maximum atomic E-state index is 13.2. The van der Waals surface area contributed by atoms with Gasteiger partial charge in [0.1, 0.15) is 10.6 Å². The van der Waals surface area contributed by atoms with Crippen LogP contribution in [0, 0.1) is 13.8 Å². The van der Waals surface area contributed by atoms with E-state index in [1.807, 2.05) is 36.4 Å². The SMILES string of the molecule is Cc1noc(C)c1S(=O)(=O)N1CCc2nc3cc(-c4ccccc4)[nH]n3c(=O)c2C1. The Morgan fingerprint density at radius 2 is 1.93 bits per heavy atom. The number of H-pyrrole nitrogens is 1. The van der Waals surface area contributed by atoms with Crippen molar-refractivity contribution >= 4 is 15.7 Å². The van der Waals surface area contributed by atoms with Gasteiger partial charge in [-0.1, -0.05) is 35.5 Å². The fraction of sp³-hybridized carbons (Fsp3) is 0.250. The average Bonchev–Trinajstić information content (AvgIpc) is 3.32. The van der Waals surface area contributed by atoms with Gasteiger partial charge >= 0.3 is 0 Å². The molecular formula is C20H19N5O4S. The fourth-order valence-corrected chi connectivity index (χ4v) is 5.60. The Morgan fingerprint density at radius 3 is 2.63 bits per heavy atom. The maximum absolute atomic E-state index is 13.2. The highest BCUT2D eigenvalue weighted by Gasteiger charge is 2.35. The zero-order chi connectivity index (χ0) is 21.0. The summed E-state index contributed by atoms with van der Waals surface area (Å²) in [4.78, 5) is 17.8. The summed E-state index contributed by atoms with van der Waals surface area (Å²) in [6.07, 6.45) is 0.357. The second-order valence-electron chi connectivity index (χ2n) is 7.31. The molecule has 9 nitrogen and oxygen atoms in total. The summed E-state index contributed by atoms with van der Waals surface area (Å²) in [5.41, 5.74) is 3.22. The molecule has 0 radical (unpaired) electrons. The number of sulfonamides is 1. The first-order chi connectivity index (χ1) is 14.4. The Kier molecular flexibility index (Phi) is 4.16. The molecule has 1 aliphatic rings.